The van der Waals surface area contributed by atoms with E-state index in [1.165, 1.54) is 0 Å². The monoisotopic (exact) mass is 562 g/mol. The molecule has 0 fully saturated rings. The Balaban J connectivity index is 1.61. The lowest BCUT2D eigenvalue weighted by Gasteiger charge is -2.29. The number of benzene rings is 3. The van der Waals surface area contributed by atoms with Gasteiger partial charge in [-0.2, -0.15) is 0 Å². The molecule has 1 heterocycles. The van der Waals surface area contributed by atoms with Gasteiger partial charge in [-0.3, -0.25) is 4.79 Å². The van der Waals surface area contributed by atoms with E-state index in [-0.39, 0.29) is 12.5 Å². The molecule has 1 aliphatic heterocycles. The molecule has 3 aromatic carbocycles. The molecule has 192 valence electrons. The first-order valence-corrected chi connectivity index (χ1v) is 13.1. The van der Waals surface area contributed by atoms with Gasteiger partial charge < -0.3 is 19.9 Å². The molecule has 1 amide bonds. The third kappa shape index (κ3) is 6.48. The van der Waals surface area contributed by atoms with Crippen molar-refractivity contribution in [2.75, 3.05) is 19.8 Å². The van der Waals surface area contributed by atoms with Gasteiger partial charge in [0.15, 0.2) is 11.6 Å². The SMILES string of the molecule is C=CC[C@@]1(C(=O)NCCc2ccccc2)N=C(c2ccc(OCCCO)cc2)O[C@@H]1c1ccc(Br)cc1. The second-order valence-corrected chi connectivity index (χ2v) is 9.74. The molecule has 0 saturated carbocycles. The summed E-state index contributed by atoms with van der Waals surface area (Å²) in [7, 11) is 0. The van der Waals surface area contributed by atoms with Gasteiger partial charge in [0.2, 0.25) is 5.90 Å². The summed E-state index contributed by atoms with van der Waals surface area (Å²) in [6, 6.07) is 25.2. The lowest BCUT2D eigenvalue weighted by atomic mass is 9.84. The zero-order chi connectivity index (χ0) is 26.1. The zero-order valence-corrected chi connectivity index (χ0v) is 22.2. The predicted octanol–water partition coefficient (Wildman–Crippen LogP) is 5.40. The first kappa shape index (κ1) is 26.6. The molecule has 3 aromatic rings. The number of nitrogens with one attached hydrogen (secondary N) is 1. The maximum atomic E-state index is 13.8. The molecule has 0 spiro atoms. The van der Waals surface area contributed by atoms with E-state index >= 15 is 0 Å². The minimum Gasteiger partial charge on any atom is -0.494 e. The standard InChI is InChI=1S/C30H31BrN2O4/c1-2-18-30(29(35)32-19-17-22-7-4-3-5-8-22)27(23-9-13-25(31)14-10-23)37-28(33-30)24-11-15-26(16-12-24)36-21-6-20-34/h2-5,7-16,27,34H,1,6,17-21H2,(H,32,35)/t27-,30-/m1/s1. The fourth-order valence-corrected chi connectivity index (χ4v) is 4.56. The number of hydrogen-bond acceptors (Lipinski definition) is 5. The summed E-state index contributed by atoms with van der Waals surface area (Å²) in [4.78, 5) is 18.7. The molecule has 0 bridgehead atoms. The molecule has 4 rings (SSSR count). The topological polar surface area (TPSA) is 80.2 Å². The van der Waals surface area contributed by atoms with Crippen LogP contribution in [0.2, 0.25) is 0 Å². The highest BCUT2D eigenvalue weighted by Crippen LogP contribution is 2.43. The van der Waals surface area contributed by atoms with Crippen molar-refractivity contribution in [3.63, 3.8) is 0 Å². The number of ether oxygens (including phenoxy) is 2. The summed E-state index contributed by atoms with van der Waals surface area (Å²) in [5.41, 5.74) is 1.56. The first-order valence-electron chi connectivity index (χ1n) is 12.3. The second-order valence-electron chi connectivity index (χ2n) is 8.82. The van der Waals surface area contributed by atoms with Crippen LogP contribution in [0.3, 0.4) is 0 Å². The van der Waals surface area contributed by atoms with Crippen LogP contribution in [0.4, 0.5) is 0 Å². The van der Waals surface area contributed by atoms with Crippen LogP contribution in [0, 0.1) is 0 Å². The van der Waals surface area contributed by atoms with Gasteiger partial charge in [-0.1, -0.05) is 64.5 Å². The predicted molar refractivity (Wildman–Crippen MR) is 149 cm³/mol. The largest absolute Gasteiger partial charge is 0.494 e. The van der Waals surface area contributed by atoms with Gasteiger partial charge >= 0.3 is 0 Å². The number of carbonyl (C=O) groups is 1. The van der Waals surface area contributed by atoms with Crippen LogP contribution in [0.25, 0.3) is 0 Å². The van der Waals surface area contributed by atoms with Crippen LogP contribution < -0.4 is 10.1 Å². The fraction of sp³-hybridized carbons (Fsp3) is 0.267. The van der Waals surface area contributed by atoms with Gasteiger partial charge in [0.05, 0.1) is 6.61 Å². The Hall–Kier alpha value is -3.42. The van der Waals surface area contributed by atoms with Crippen LogP contribution in [-0.2, 0) is 16.0 Å². The minimum atomic E-state index is -1.20. The summed E-state index contributed by atoms with van der Waals surface area (Å²) in [5, 5.41) is 12.1. The van der Waals surface area contributed by atoms with Crippen LogP contribution in [-0.4, -0.2) is 42.2 Å². The number of aliphatic imine (C=N–C) groups is 1. The van der Waals surface area contributed by atoms with Gasteiger partial charge in [-0.05, 0) is 53.9 Å². The van der Waals surface area contributed by atoms with Gasteiger partial charge in [0.1, 0.15) is 5.75 Å². The average Bonchev–Trinajstić information content (AvgIpc) is 3.31. The van der Waals surface area contributed by atoms with Crippen molar-refractivity contribution in [2.45, 2.75) is 30.9 Å². The quantitative estimate of drug-likeness (QED) is 0.229. The summed E-state index contributed by atoms with van der Waals surface area (Å²) in [6.45, 7) is 4.92. The number of halogens is 1. The van der Waals surface area contributed by atoms with Crippen LogP contribution in [0.15, 0.2) is 101 Å². The molecule has 0 radical (unpaired) electrons. The molecule has 6 nitrogen and oxygen atoms in total. The maximum Gasteiger partial charge on any atom is 0.252 e. The van der Waals surface area contributed by atoms with E-state index in [4.69, 9.17) is 19.6 Å². The molecule has 0 saturated heterocycles. The lowest BCUT2D eigenvalue weighted by Crippen LogP contribution is -2.48. The Kier molecular flexibility index (Phi) is 9.14. The summed E-state index contributed by atoms with van der Waals surface area (Å²) >= 11 is 3.49. The number of hydrogen-bond donors (Lipinski definition) is 2. The van der Waals surface area contributed by atoms with Crippen molar-refractivity contribution in [3.05, 3.63) is 113 Å². The van der Waals surface area contributed by atoms with E-state index in [1.807, 2.05) is 78.9 Å². The molecule has 7 heteroatoms. The van der Waals surface area contributed by atoms with Crippen LogP contribution in [0.1, 0.15) is 35.6 Å². The second kappa shape index (κ2) is 12.7. The van der Waals surface area contributed by atoms with Gasteiger partial charge in [-0.15, -0.1) is 6.58 Å². The molecule has 0 unspecified atom stereocenters. The maximum absolute atomic E-state index is 13.8. The average molecular weight is 563 g/mol. The minimum absolute atomic E-state index is 0.0823. The van der Waals surface area contributed by atoms with E-state index in [2.05, 4.69) is 27.8 Å². The molecule has 0 aromatic heterocycles. The Morgan fingerprint density at radius 2 is 1.84 bits per heavy atom. The Bertz CT molecular complexity index is 1210. The Morgan fingerprint density at radius 3 is 2.51 bits per heavy atom. The fourth-order valence-electron chi connectivity index (χ4n) is 4.29. The third-order valence-electron chi connectivity index (χ3n) is 6.20. The van der Waals surface area contributed by atoms with E-state index in [0.717, 1.165) is 27.6 Å². The highest BCUT2D eigenvalue weighted by Gasteiger charge is 2.52. The highest BCUT2D eigenvalue weighted by molar-refractivity contribution is 9.10. The van der Waals surface area contributed by atoms with Crippen LogP contribution in [0.5, 0.6) is 5.75 Å². The first-order chi connectivity index (χ1) is 18.1. The molecule has 37 heavy (non-hydrogen) atoms. The van der Waals surface area contributed by atoms with Crippen molar-refractivity contribution in [1.82, 2.24) is 5.32 Å². The van der Waals surface area contributed by atoms with E-state index < -0.39 is 11.6 Å². The van der Waals surface area contributed by atoms with Crippen molar-refractivity contribution >= 4 is 27.7 Å². The molecule has 2 atom stereocenters. The highest BCUT2D eigenvalue weighted by atomic mass is 79.9. The van der Waals surface area contributed by atoms with E-state index in [0.29, 0.717) is 37.6 Å². The molecule has 2 N–H and O–H groups in total. The number of nitrogens with zero attached hydrogens (tertiary/aromatic N) is 1. The zero-order valence-electron chi connectivity index (χ0n) is 20.6. The van der Waals surface area contributed by atoms with Crippen molar-refractivity contribution in [3.8, 4) is 5.75 Å². The Labute approximate surface area is 226 Å². The summed E-state index contributed by atoms with van der Waals surface area (Å²) < 4.78 is 13.0. The van der Waals surface area contributed by atoms with Gasteiger partial charge in [0, 0.05) is 36.0 Å². The smallest absolute Gasteiger partial charge is 0.252 e. The third-order valence-corrected chi connectivity index (χ3v) is 6.73. The molecular formula is C30H31BrN2O4. The van der Waals surface area contributed by atoms with Gasteiger partial charge in [-0.25, -0.2) is 4.99 Å². The van der Waals surface area contributed by atoms with Crippen LogP contribution >= 0.6 is 15.9 Å². The van der Waals surface area contributed by atoms with Gasteiger partial charge in [0.25, 0.3) is 5.91 Å². The molecule has 1 aliphatic rings. The molecule has 0 aliphatic carbocycles. The lowest BCUT2D eigenvalue weighted by molar-refractivity contribution is -0.128. The Morgan fingerprint density at radius 1 is 1.11 bits per heavy atom. The number of rotatable bonds is 12. The normalized spacial score (nSPS) is 18.5. The summed E-state index contributed by atoms with van der Waals surface area (Å²) in [5.74, 6) is 0.890. The van der Waals surface area contributed by atoms with Crippen molar-refractivity contribution in [1.29, 1.82) is 0 Å². The number of aliphatic hydroxyl groups excluding tert-OH is 1. The van der Waals surface area contributed by atoms with E-state index in [1.54, 1.807) is 6.08 Å². The number of amides is 1. The number of carbonyl (C=O) groups excluding carboxylic acids is 1. The molecular weight excluding hydrogens is 532 g/mol. The number of aliphatic hydroxyl groups is 1. The summed E-state index contributed by atoms with van der Waals surface area (Å²) in [6.07, 6.45) is 2.70. The van der Waals surface area contributed by atoms with Crippen molar-refractivity contribution in [2.24, 2.45) is 4.99 Å². The van der Waals surface area contributed by atoms with E-state index in [9.17, 15) is 4.79 Å². The van der Waals surface area contributed by atoms with Crippen molar-refractivity contribution < 1.29 is 19.4 Å².